The van der Waals surface area contributed by atoms with Crippen molar-refractivity contribution in [2.24, 2.45) is 0 Å². The van der Waals surface area contributed by atoms with Gasteiger partial charge < -0.3 is 19.5 Å². The number of aryl methyl sites for hydroxylation is 1. The number of hydrogen-bond acceptors (Lipinski definition) is 4. The number of hydrogen-bond donors (Lipinski definition) is 1. The average molecular weight is 424 g/mol. The predicted molar refractivity (Wildman–Crippen MR) is 121 cm³/mol. The summed E-state index contributed by atoms with van der Waals surface area (Å²) < 4.78 is 12.1. The Morgan fingerprint density at radius 1 is 1.06 bits per heavy atom. The number of carboxylic acids is 1. The maximum Gasteiger partial charge on any atom is 0.304 e. The SMILES string of the molecule is O=C(O)CCN1CCC2(CC1)COc1cc(OCCCCCc3ccccc3)ccc12. The van der Waals surface area contributed by atoms with Crippen LogP contribution in [0.3, 0.4) is 0 Å². The number of unbranched alkanes of at least 4 members (excludes halogenated alkanes) is 2. The highest BCUT2D eigenvalue weighted by Crippen LogP contribution is 2.46. The van der Waals surface area contributed by atoms with Gasteiger partial charge in [0.25, 0.3) is 0 Å². The molecule has 0 saturated carbocycles. The molecule has 5 heteroatoms. The molecule has 0 aliphatic carbocycles. The first-order chi connectivity index (χ1) is 15.1. The van der Waals surface area contributed by atoms with Gasteiger partial charge in [0, 0.05) is 23.6 Å². The average Bonchev–Trinajstić information content (AvgIpc) is 3.14. The lowest BCUT2D eigenvalue weighted by Crippen LogP contribution is -2.44. The quantitative estimate of drug-likeness (QED) is 0.563. The largest absolute Gasteiger partial charge is 0.493 e. The first-order valence-corrected chi connectivity index (χ1v) is 11.5. The lowest BCUT2D eigenvalue weighted by Gasteiger charge is -2.38. The van der Waals surface area contributed by atoms with Crippen LogP contribution in [0.1, 0.15) is 49.7 Å². The summed E-state index contributed by atoms with van der Waals surface area (Å²) in [5.74, 6) is 1.12. The minimum absolute atomic E-state index is 0.0744. The summed E-state index contributed by atoms with van der Waals surface area (Å²) in [4.78, 5) is 13.1. The fourth-order valence-electron chi connectivity index (χ4n) is 4.76. The van der Waals surface area contributed by atoms with Crippen LogP contribution in [0.5, 0.6) is 11.5 Å². The molecule has 0 bridgehead atoms. The van der Waals surface area contributed by atoms with Crippen LogP contribution in [0.2, 0.25) is 0 Å². The number of ether oxygens (including phenoxy) is 2. The van der Waals surface area contributed by atoms with Crippen molar-refractivity contribution in [3.63, 3.8) is 0 Å². The number of benzene rings is 2. The normalized spacial score (nSPS) is 17.3. The molecule has 0 atom stereocenters. The summed E-state index contributed by atoms with van der Waals surface area (Å²) in [5.41, 5.74) is 2.77. The van der Waals surface area contributed by atoms with Crippen molar-refractivity contribution in [3.05, 3.63) is 59.7 Å². The third-order valence-electron chi connectivity index (χ3n) is 6.70. The molecular weight excluding hydrogens is 390 g/mol. The van der Waals surface area contributed by atoms with Crippen molar-refractivity contribution >= 4 is 5.97 Å². The van der Waals surface area contributed by atoms with Crippen molar-refractivity contribution in [2.45, 2.75) is 50.4 Å². The second kappa shape index (κ2) is 10.2. The molecule has 4 rings (SSSR count). The van der Waals surface area contributed by atoms with Gasteiger partial charge in [-0.3, -0.25) is 4.79 Å². The standard InChI is InChI=1S/C26H33NO4/c28-25(29)12-15-27-16-13-26(14-17-27)20-31-24-19-22(10-11-23(24)26)30-18-6-2-5-9-21-7-3-1-4-8-21/h1,3-4,7-8,10-11,19H,2,5-6,9,12-18,20H2,(H,28,29). The predicted octanol–water partition coefficient (Wildman–Crippen LogP) is 4.68. The van der Waals surface area contributed by atoms with Gasteiger partial charge in [0.2, 0.25) is 0 Å². The summed E-state index contributed by atoms with van der Waals surface area (Å²) in [7, 11) is 0. The van der Waals surface area contributed by atoms with Gasteiger partial charge in [-0.2, -0.15) is 0 Å². The van der Waals surface area contributed by atoms with E-state index >= 15 is 0 Å². The van der Waals surface area contributed by atoms with Gasteiger partial charge >= 0.3 is 5.97 Å². The topological polar surface area (TPSA) is 59.0 Å². The molecule has 5 nitrogen and oxygen atoms in total. The Hall–Kier alpha value is -2.53. The van der Waals surface area contributed by atoms with E-state index in [0.29, 0.717) is 6.54 Å². The Bertz CT molecular complexity index is 859. The van der Waals surface area contributed by atoms with E-state index in [1.807, 2.05) is 6.07 Å². The van der Waals surface area contributed by atoms with Crippen LogP contribution in [0.25, 0.3) is 0 Å². The number of likely N-dealkylation sites (tertiary alicyclic amines) is 1. The molecule has 2 aliphatic heterocycles. The Morgan fingerprint density at radius 2 is 1.87 bits per heavy atom. The highest BCUT2D eigenvalue weighted by molar-refractivity contribution is 5.66. The third-order valence-corrected chi connectivity index (χ3v) is 6.70. The maximum atomic E-state index is 10.8. The third kappa shape index (κ3) is 5.59. The van der Waals surface area contributed by atoms with Crippen LogP contribution in [0.15, 0.2) is 48.5 Å². The molecule has 0 amide bonds. The van der Waals surface area contributed by atoms with Crippen molar-refractivity contribution in [1.82, 2.24) is 4.90 Å². The number of rotatable bonds is 10. The van der Waals surface area contributed by atoms with E-state index in [0.717, 1.165) is 69.9 Å². The van der Waals surface area contributed by atoms with Crippen LogP contribution in [-0.4, -0.2) is 48.8 Å². The number of aliphatic carboxylic acids is 1. The molecule has 2 aliphatic rings. The molecule has 0 aromatic heterocycles. The van der Waals surface area contributed by atoms with Crippen LogP contribution < -0.4 is 9.47 Å². The molecule has 2 heterocycles. The minimum Gasteiger partial charge on any atom is -0.493 e. The zero-order chi connectivity index (χ0) is 21.5. The Labute approximate surface area is 185 Å². The molecule has 2 aromatic rings. The number of piperidine rings is 1. The monoisotopic (exact) mass is 423 g/mol. The van der Waals surface area contributed by atoms with Gasteiger partial charge in [-0.25, -0.2) is 0 Å². The molecular formula is C26H33NO4. The number of fused-ring (bicyclic) bond motifs is 2. The Balaban J connectivity index is 1.21. The van der Waals surface area contributed by atoms with E-state index < -0.39 is 5.97 Å². The Morgan fingerprint density at radius 3 is 2.65 bits per heavy atom. The highest BCUT2D eigenvalue weighted by Gasteiger charge is 2.43. The van der Waals surface area contributed by atoms with Gasteiger partial charge in [0.05, 0.1) is 19.6 Å². The van der Waals surface area contributed by atoms with Gasteiger partial charge in [-0.05, 0) is 63.2 Å². The molecule has 0 radical (unpaired) electrons. The van der Waals surface area contributed by atoms with E-state index in [1.54, 1.807) is 0 Å². The van der Waals surface area contributed by atoms with Gasteiger partial charge in [0.1, 0.15) is 11.5 Å². The summed E-state index contributed by atoms with van der Waals surface area (Å²) in [6.45, 7) is 3.95. The summed E-state index contributed by atoms with van der Waals surface area (Å²) in [6, 6.07) is 16.9. The highest BCUT2D eigenvalue weighted by atomic mass is 16.5. The molecule has 31 heavy (non-hydrogen) atoms. The fraction of sp³-hybridized carbons (Fsp3) is 0.500. The van der Waals surface area contributed by atoms with Crippen molar-refractivity contribution < 1.29 is 19.4 Å². The second-order valence-electron chi connectivity index (χ2n) is 8.86. The molecule has 1 N–H and O–H groups in total. The van der Waals surface area contributed by atoms with E-state index in [4.69, 9.17) is 14.6 Å². The molecule has 1 saturated heterocycles. The minimum atomic E-state index is -0.724. The van der Waals surface area contributed by atoms with Crippen LogP contribution >= 0.6 is 0 Å². The summed E-state index contributed by atoms with van der Waals surface area (Å²) >= 11 is 0. The van der Waals surface area contributed by atoms with E-state index in [2.05, 4.69) is 47.4 Å². The number of carbonyl (C=O) groups is 1. The first kappa shape index (κ1) is 21.7. The summed E-state index contributed by atoms with van der Waals surface area (Å²) in [6.07, 6.45) is 6.78. The van der Waals surface area contributed by atoms with Crippen molar-refractivity contribution in [3.8, 4) is 11.5 Å². The molecule has 1 fully saturated rings. The molecule has 2 aromatic carbocycles. The lowest BCUT2D eigenvalue weighted by atomic mass is 9.74. The zero-order valence-corrected chi connectivity index (χ0v) is 18.2. The smallest absolute Gasteiger partial charge is 0.304 e. The van der Waals surface area contributed by atoms with Crippen molar-refractivity contribution in [2.75, 3.05) is 32.8 Å². The van der Waals surface area contributed by atoms with Crippen LogP contribution in [-0.2, 0) is 16.6 Å². The van der Waals surface area contributed by atoms with Crippen LogP contribution in [0, 0.1) is 0 Å². The van der Waals surface area contributed by atoms with Gasteiger partial charge in [-0.15, -0.1) is 0 Å². The molecule has 166 valence electrons. The van der Waals surface area contributed by atoms with Crippen molar-refractivity contribution in [1.29, 1.82) is 0 Å². The van der Waals surface area contributed by atoms with E-state index in [-0.39, 0.29) is 11.8 Å². The van der Waals surface area contributed by atoms with E-state index in [1.165, 1.54) is 17.5 Å². The zero-order valence-electron chi connectivity index (χ0n) is 18.2. The number of nitrogens with zero attached hydrogens (tertiary/aromatic N) is 1. The summed E-state index contributed by atoms with van der Waals surface area (Å²) in [5, 5.41) is 8.90. The lowest BCUT2D eigenvalue weighted by molar-refractivity contribution is -0.137. The second-order valence-corrected chi connectivity index (χ2v) is 8.86. The first-order valence-electron chi connectivity index (χ1n) is 11.5. The Kier molecular flexibility index (Phi) is 7.13. The van der Waals surface area contributed by atoms with Gasteiger partial charge in [0.15, 0.2) is 0 Å². The molecule has 1 spiro atoms. The number of carboxylic acid groups (broad SMARTS) is 1. The van der Waals surface area contributed by atoms with Crippen LogP contribution in [0.4, 0.5) is 0 Å². The van der Waals surface area contributed by atoms with E-state index in [9.17, 15) is 4.79 Å². The fourth-order valence-corrected chi connectivity index (χ4v) is 4.76. The van der Waals surface area contributed by atoms with Gasteiger partial charge in [-0.1, -0.05) is 36.4 Å². The maximum absolute atomic E-state index is 10.8. The molecule has 0 unspecified atom stereocenters.